The van der Waals surface area contributed by atoms with Crippen molar-refractivity contribution >= 4 is 26.3 Å². The minimum atomic E-state index is -2.13. The van der Waals surface area contributed by atoms with Crippen LogP contribution in [0, 0.1) is 0 Å². The molecule has 0 saturated carbocycles. The van der Waals surface area contributed by atoms with Crippen LogP contribution in [0.1, 0.15) is 50.0 Å². The highest BCUT2D eigenvalue weighted by atomic mass is 28.3. The normalized spacial score (nSPS) is 22.4. The van der Waals surface area contributed by atoms with Gasteiger partial charge in [-0.15, -0.1) is 6.58 Å². The fraction of sp³-hybridized carbons (Fsp3) is 0.133. The summed E-state index contributed by atoms with van der Waals surface area (Å²) in [7, 11) is -2.13. The Kier molecular flexibility index (Phi) is 4.33. The maximum absolute atomic E-state index is 4.29. The number of benzene rings is 3. The first-order valence-corrected chi connectivity index (χ1v) is 13.7. The van der Waals surface area contributed by atoms with Gasteiger partial charge in [-0.25, -0.2) is 0 Å². The number of hydrogen-bond donors (Lipinski definition) is 0. The van der Waals surface area contributed by atoms with E-state index in [1.54, 1.807) is 0 Å². The van der Waals surface area contributed by atoms with Crippen LogP contribution in [0.25, 0.3) is 18.2 Å². The van der Waals surface area contributed by atoms with E-state index in [-0.39, 0.29) is 0 Å². The molecule has 3 atom stereocenters. The average molecular weight is 415 g/mol. The summed E-state index contributed by atoms with van der Waals surface area (Å²) in [6, 6.07) is 28.1. The van der Waals surface area contributed by atoms with Crippen molar-refractivity contribution < 1.29 is 0 Å². The van der Waals surface area contributed by atoms with Gasteiger partial charge in [0.2, 0.25) is 0 Å². The smallest absolute Gasteiger partial charge is 0.0923 e. The average Bonchev–Trinajstić information content (AvgIpc) is 3.54. The minimum Gasteiger partial charge on any atom is -0.103 e. The van der Waals surface area contributed by atoms with E-state index in [2.05, 4.69) is 122 Å². The first-order valence-electron chi connectivity index (χ1n) is 11.3. The van der Waals surface area contributed by atoms with Gasteiger partial charge in [0.15, 0.2) is 0 Å². The molecule has 6 rings (SSSR count). The topological polar surface area (TPSA) is 0 Å². The standard InChI is InChI=1S/C30H26Si/c1-2-21-31(28-18-15-22-9-3-6-12-25(22)28,29-19-16-23-10-4-7-13-26(23)29)30-20-17-24-11-5-8-14-27(24)30/h2-20,28-30H,1,21H2/t28-,29-,30+/m0/s1. The first kappa shape index (κ1) is 18.6. The molecule has 3 aromatic carbocycles. The molecule has 1 heteroatoms. The van der Waals surface area contributed by atoms with E-state index in [0.717, 1.165) is 6.04 Å². The zero-order valence-electron chi connectivity index (χ0n) is 17.6. The lowest BCUT2D eigenvalue weighted by molar-refractivity contribution is 0.940. The molecule has 0 amide bonds. The van der Waals surface area contributed by atoms with Crippen molar-refractivity contribution in [1.82, 2.24) is 0 Å². The molecule has 0 N–H and O–H groups in total. The Morgan fingerprint density at radius 1 is 0.581 bits per heavy atom. The van der Waals surface area contributed by atoms with Gasteiger partial charge in [0.25, 0.3) is 0 Å². The van der Waals surface area contributed by atoms with Gasteiger partial charge in [0.05, 0.1) is 8.07 Å². The fourth-order valence-corrected chi connectivity index (χ4v) is 12.7. The summed E-state index contributed by atoms with van der Waals surface area (Å²) in [5.41, 5.74) is 10.1. The van der Waals surface area contributed by atoms with E-state index >= 15 is 0 Å². The van der Waals surface area contributed by atoms with Crippen LogP contribution in [0.3, 0.4) is 0 Å². The maximum Gasteiger partial charge on any atom is 0.0923 e. The van der Waals surface area contributed by atoms with Crippen LogP contribution >= 0.6 is 0 Å². The van der Waals surface area contributed by atoms with Gasteiger partial charge >= 0.3 is 0 Å². The van der Waals surface area contributed by atoms with Crippen molar-refractivity contribution in [1.29, 1.82) is 0 Å². The predicted octanol–water partition coefficient (Wildman–Crippen LogP) is 7.67. The van der Waals surface area contributed by atoms with Gasteiger partial charge in [-0.2, -0.15) is 0 Å². The molecule has 0 spiro atoms. The zero-order valence-corrected chi connectivity index (χ0v) is 18.6. The van der Waals surface area contributed by atoms with Gasteiger partial charge < -0.3 is 0 Å². The first-order chi connectivity index (χ1) is 15.3. The van der Waals surface area contributed by atoms with E-state index < -0.39 is 8.07 Å². The number of fused-ring (bicyclic) bond motifs is 3. The molecule has 0 saturated heterocycles. The Morgan fingerprint density at radius 3 is 1.29 bits per heavy atom. The van der Waals surface area contributed by atoms with Crippen molar-refractivity contribution in [3.63, 3.8) is 0 Å². The molecule has 0 nitrogen and oxygen atoms in total. The molecule has 3 aliphatic rings. The van der Waals surface area contributed by atoms with Crippen LogP contribution in [0.4, 0.5) is 0 Å². The lowest BCUT2D eigenvalue weighted by atomic mass is 10.1. The van der Waals surface area contributed by atoms with E-state index in [1.165, 1.54) is 33.4 Å². The van der Waals surface area contributed by atoms with Crippen molar-refractivity contribution in [2.75, 3.05) is 0 Å². The van der Waals surface area contributed by atoms with E-state index in [4.69, 9.17) is 0 Å². The Balaban J connectivity index is 1.62. The molecule has 3 aromatic rings. The Morgan fingerprint density at radius 2 is 0.935 bits per heavy atom. The summed E-state index contributed by atoms with van der Waals surface area (Å²) in [6.07, 6.45) is 16.8. The molecule has 31 heavy (non-hydrogen) atoms. The zero-order chi connectivity index (χ0) is 20.8. The summed E-state index contributed by atoms with van der Waals surface area (Å²) in [5, 5.41) is 0. The Hall–Kier alpha value is -3.16. The van der Waals surface area contributed by atoms with Gasteiger partial charge in [-0.05, 0) is 39.4 Å². The van der Waals surface area contributed by atoms with Crippen LogP contribution in [0.5, 0.6) is 0 Å². The van der Waals surface area contributed by atoms with Gasteiger partial charge in [0, 0.05) is 16.6 Å². The van der Waals surface area contributed by atoms with Crippen LogP contribution in [-0.2, 0) is 0 Å². The number of hydrogen-bond acceptors (Lipinski definition) is 0. The molecule has 0 aromatic heterocycles. The third-order valence-corrected chi connectivity index (χ3v) is 13.6. The van der Waals surface area contributed by atoms with Crippen LogP contribution in [0.2, 0.25) is 6.04 Å². The molecule has 0 aliphatic heterocycles. The molecular formula is C30H26Si. The number of allylic oxidation sites excluding steroid dienone is 4. The van der Waals surface area contributed by atoms with E-state index in [0.29, 0.717) is 16.6 Å². The minimum absolute atomic E-state index is 0.461. The highest BCUT2D eigenvalue weighted by Crippen LogP contribution is 2.56. The number of rotatable bonds is 5. The molecule has 0 bridgehead atoms. The molecule has 0 fully saturated rings. The lowest BCUT2D eigenvalue weighted by Crippen LogP contribution is -2.51. The SMILES string of the molecule is C=CC[Si]([C@@H]1C=Cc2ccccc21)([C@H]1C=Cc2ccccc21)[C@H]1C=Cc2ccccc21. The fourth-order valence-electron chi connectivity index (χ4n) is 6.37. The Bertz CT molecular complexity index is 1110. The summed E-state index contributed by atoms with van der Waals surface area (Å²) in [4.78, 5) is 0. The highest BCUT2D eigenvalue weighted by Gasteiger charge is 2.54. The molecule has 0 heterocycles. The van der Waals surface area contributed by atoms with Crippen LogP contribution in [-0.4, -0.2) is 8.07 Å². The van der Waals surface area contributed by atoms with E-state index in [1.807, 2.05) is 0 Å². The molecule has 3 aliphatic carbocycles. The maximum atomic E-state index is 4.29. The monoisotopic (exact) mass is 414 g/mol. The molecule has 0 radical (unpaired) electrons. The van der Waals surface area contributed by atoms with Gasteiger partial charge in [-0.3, -0.25) is 0 Å². The van der Waals surface area contributed by atoms with Crippen molar-refractivity contribution in [3.8, 4) is 0 Å². The molecular weight excluding hydrogens is 388 g/mol. The largest absolute Gasteiger partial charge is 0.103 e. The predicted molar refractivity (Wildman–Crippen MR) is 135 cm³/mol. The highest BCUT2D eigenvalue weighted by molar-refractivity contribution is 6.86. The van der Waals surface area contributed by atoms with Crippen LogP contribution < -0.4 is 0 Å². The summed E-state index contributed by atoms with van der Waals surface area (Å²) in [5.74, 6) is 0. The van der Waals surface area contributed by atoms with Gasteiger partial charge in [-0.1, -0.05) is 115 Å². The Labute approximate surface area is 186 Å². The third-order valence-electron chi connectivity index (χ3n) is 7.63. The molecule has 150 valence electrons. The van der Waals surface area contributed by atoms with E-state index in [9.17, 15) is 0 Å². The second-order valence-electron chi connectivity index (χ2n) is 9.00. The summed E-state index contributed by atoms with van der Waals surface area (Å²) in [6.45, 7) is 4.29. The second kappa shape index (κ2) is 7.21. The third kappa shape index (κ3) is 2.66. The summed E-state index contributed by atoms with van der Waals surface area (Å²) >= 11 is 0. The van der Waals surface area contributed by atoms with Gasteiger partial charge in [0.1, 0.15) is 0 Å². The molecule has 0 unspecified atom stereocenters. The summed E-state index contributed by atoms with van der Waals surface area (Å²) < 4.78 is 0. The lowest BCUT2D eigenvalue weighted by Gasteiger charge is -2.46. The van der Waals surface area contributed by atoms with Crippen molar-refractivity contribution in [2.45, 2.75) is 22.7 Å². The van der Waals surface area contributed by atoms with Crippen molar-refractivity contribution in [2.24, 2.45) is 0 Å². The second-order valence-corrected chi connectivity index (χ2v) is 13.5. The van der Waals surface area contributed by atoms with Crippen LogP contribution in [0.15, 0.2) is 104 Å². The van der Waals surface area contributed by atoms with Crippen molar-refractivity contribution in [3.05, 3.63) is 137 Å². The quantitative estimate of drug-likeness (QED) is 0.297.